The molecule has 0 spiro atoms. The van der Waals surface area contributed by atoms with Crippen molar-refractivity contribution < 1.29 is 61.6 Å². The number of esters is 1. The van der Waals surface area contributed by atoms with Gasteiger partial charge in [0.25, 0.3) is 11.7 Å². The van der Waals surface area contributed by atoms with Gasteiger partial charge in [0, 0.05) is 58.5 Å². The third-order valence-corrected chi connectivity index (χ3v) is 22.1. The average molecular weight is 964 g/mol. The Bertz CT molecular complexity index is 1760. The molecule has 382 valence electrons. The Hall–Kier alpha value is -2.66. The van der Waals surface area contributed by atoms with Crippen LogP contribution in [0, 0.1) is 29.6 Å². The molecule has 0 aromatic heterocycles. The van der Waals surface area contributed by atoms with Gasteiger partial charge in [-0.2, -0.15) is 0 Å². The molecule has 1 aliphatic carbocycles. The molecule has 1 saturated carbocycles. The zero-order chi connectivity index (χ0) is 50.3. The highest BCUT2D eigenvalue weighted by Crippen LogP contribution is 2.46. The second kappa shape index (κ2) is 24.4. The number of ether oxygens (including phenoxy) is 5. The van der Waals surface area contributed by atoms with Crippen molar-refractivity contribution in [2.75, 3.05) is 27.9 Å². The minimum atomic E-state index is -2.72. The van der Waals surface area contributed by atoms with E-state index in [1.807, 2.05) is 26.8 Å². The van der Waals surface area contributed by atoms with Crippen molar-refractivity contribution >= 4 is 37.5 Å². The van der Waals surface area contributed by atoms with E-state index in [-0.39, 0.29) is 66.3 Å². The number of ketones is 3. The lowest BCUT2D eigenvalue weighted by atomic mass is 9.81. The van der Waals surface area contributed by atoms with Crippen LogP contribution in [-0.2, 0) is 52.1 Å². The Labute approximate surface area is 402 Å². The van der Waals surface area contributed by atoms with E-state index in [0.29, 0.717) is 49.7 Å². The molecule has 3 heterocycles. The number of amides is 1. The Kier molecular flexibility index (Phi) is 20.8. The molecule has 13 nitrogen and oxygen atoms in total. The highest BCUT2D eigenvalue weighted by atomic mass is 28.4. The van der Waals surface area contributed by atoms with E-state index < -0.39 is 104 Å². The van der Waals surface area contributed by atoms with E-state index in [9.17, 15) is 29.1 Å². The molecule has 4 aliphatic rings. The molecular formula is C52H86FNO12Si. The first-order valence-electron chi connectivity index (χ1n) is 25.2. The molecule has 0 radical (unpaired) electrons. The molecule has 15 heteroatoms. The molecule has 3 aliphatic heterocycles. The highest BCUT2D eigenvalue weighted by molar-refractivity contribution is 6.77. The van der Waals surface area contributed by atoms with Crippen molar-refractivity contribution in [3.05, 3.63) is 23.3 Å². The van der Waals surface area contributed by atoms with E-state index >= 15 is 4.39 Å². The second-order valence-electron chi connectivity index (χ2n) is 21.3. The molecule has 14 atom stereocenters. The number of carbonyl (C=O) groups excluding carboxylic acids is 5. The van der Waals surface area contributed by atoms with Crippen LogP contribution in [0.3, 0.4) is 0 Å². The minimum absolute atomic E-state index is 0.0235. The summed E-state index contributed by atoms with van der Waals surface area (Å²) in [5, 5.41) is 12.2. The monoisotopic (exact) mass is 964 g/mol. The molecule has 14 unspecified atom stereocenters. The molecule has 1 amide bonds. The normalized spacial score (nSPS) is 37.3. The molecule has 1 N–H and O–H groups in total. The van der Waals surface area contributed by atoms with Crippen molar-refractivity contribution in [3.63, 3.8) is 0 Å². The number of hydrogen-bond acceptors (Lipinski definition) is 12. The minimum Gasteiger partial charge on any atom is -0.456 e. The third kappa shape index (κ3) is 12.6. The zero-order valence-electron chi connectivity index (χ0n) is 43.4. The number of nitrogens with zero attached hydrogens (tertiary/aromatic N) is 1. The van der Waals surface area contributed by atoms with Gasteiger partial charge in [-0.3, -0.25) is 19.2 Å². The Balaban J connectivity index is 1.96. The number of fused-ring (bicyclic) bond motifs is 3. The maximum Gasteiger partial charge on any atom is 0.329 e. The van der Waals surface area contributed by atoms with E-state index in [1.54, 1.807) is 26.8 Å². The fourth-order valence-corrected chi connectivity index (χ4v) is 17.6. The van der Waals surface area contributed by atoms with Gasteiger partial charge in [-0.1, -0.05) is 81.4 Å². The van der Waals surface area contributed by atoms with Gasteiger partial charge in [0.1, 0.15) is 36.3 Å². The maximum absolute atomic E-state index is 16.7. The van der Waals surface area contributed by atoms with E-state index in [2.05, 4.69) is 41.5 Å². The van der Waals surface area contributed by atoms with Crippen molar-refractivity contribution in [2.45, 2.75) is 219 Å². The van der Waals surface area contributed by atoms with Crippen LogP contribution in [0.2, 0.25) is 16.6 Å². The number of aliphatic hydroxyl groups is 1. The lowest BCUT2D eigenvalue weighted by molar-refractivity contribution is -0.302. The fourth-order valence-electron chi connectivity index (χ4n) is 11.9. The first-order chi connectivity index (χ1) is 31.4. The van der Waals surface area contributed by atoms with Gasteiger partial charge in [0.05, 0.1) is 18.3 Å². The Morgan fingerprint density at radius 2 is 1.51 bits per heavy atom. The van der Waals surface area contributed by atoms with Crippen LogP contribution in [0.15, 0.2) is 23.3 Å². The summed E-state index contributed by atoms with van der Waals surface area (Å²) >= 11 is 0. The SMILES string of the molecule is CCC1/C=C(\C)C(F)C(C)CC(OC)C2OC(O)(C(=O)C(=O)N3CCCCC3C(=O)OC(C(C)=CC3CCC(=O)C(OC)C3)C(C)C(O[Si](C(C)C)(C(C)C)C(C)C)CC1=O)C(C)CC2OC. The lowest BCUT2D eigenvalue weighted by Gasteiger charge is -2.47. The highest BCUT2D eigenvalue weighted by Gasteiger charge is 2.57. The predicted octanol–water partition coefficient (Wildman–Crippen LogP) is 8.83. The first kappa shape index (κ1) is 56.9. The number of allylic oxidation sites excluding steroid dienone is 3. The summed E-state index contributed by atoms with van der Waals surface area (Å²) in [5.41, 5.74) is 1.54. The summed E-state index contributed by atoms with van der Waals surface area (Å²) in [5.74, 6) is -8.58. The van der Waals surface area contributed by atoms with Crippen LogP contribution in [0.4, 0.5) is 4.39 Å². The van der Waals surface area contributed by atoms with Crippen molar-refractivity contribution in [3.8, 4) is 0 Å². The predicted molar refractivity (Wildman–Crippen MR) is 257 cm³/mol. The topological polar surface area (TPSA) is 164 Å². The standard InChI is InChI=1S/C52H86FNO12Si/c1-16-38-24-32(8)46(53)33(9)25-44(62-14)48-45(63-15)26-35(11)52(60,65-48)49(57)50(58)54-22-18-17-19-39(54)51(59)64-47(34(10)23-37-20-21-40(55)43(27-37)61-13)36(12)42(28-41(38)56)66-67(29(2)3,30(4)5)31(6)7/h23-24,29-31,33,35-39,42-48,60H,16-22,25-28H2,1-15H3/b32-24+,34-23?. The molecule has 0 aromatic rings. The number of halogens is 1. The summed E-state index contributed by atoms with van der Waals surface area (Å²) in [6.45, 7) is 23.9. The van der Waals surface area contributed by atoms with Crippen LogP contribution in [0.1, 0.15) is 147 Å². The number of Topliss-reactive ketones (excluding diaryl/α,β-unsaturated/α-hetero) is 3. The van der Waals surface area contributed by atoms with Gasteiger partial charge in [-0.05, 0) is 105 Å². The van der Waals surface area contributed by atoms with Gasteiger partial charge >= 0.3 is 5.97 Å². The van der Waals surface area contributed by atoms with E-state index in [0.717, 1.165) is 0 Å². The second-order valence-corrected chi connectivity index (χ2v) is 26.7. The average Bonchev–Trinajstić information content (AvgIpc) is 3.29. The van der Waals surface area contributed by atoms with Crippen LogP contribution in [0.25, 0.3) is 0 Å². The van der Waals surface area contributed by atoms with Crippen LogP contribution in [-0.4, -0.2) is 130 Å². The number of alkyl halides is 1. The molecule has 3 fully saturated rings. The van der Waals surface area contributed by atoms with Crippen molar-refractivity contribution in [1.29, 1.82) is 0 Å². The smallest absolute Gasteiger partial charge is 0.329 e. The van der Waals surface area contributed by atoms with Gasteiger partial charge in [0.15, 0.2) is 5.78 Å². The number of rotatable bonds is 11. The summed E-state index contributed by atoms with van der Waals surface area (Å²) in [4.78, 5) is 72.7. The largest absolute Gasteiger partial charge is 0.456 e. The molecule has 67 heavy (non-hydrogen) atoms. The van der Waals surface area contributed by atoms with Crippen molar-refractivity contribution in [1.82, 2.24) is 4.90 Å². The maximum atomic E-state index is 16.7. The molecular weight excluding hydrogens is 878 g/mol. The summed E-state index contributed by atoms with van der Waals surface area (Å²) in [7, 11) is 1.72. The fraction of sp³-hybridized carbons (Fsp3) is 0.827. The third-order valence-electron chi connectivity index (χ3n) is 16.0. The molecule has 4 rings (SSSR count). The van der Waals surface area contributed by atoms with Crippen LogP contribution >= 0.6 is 0 Å². The quantitative estimate of drug-likeness (QED) is 0.0907. The van der Waals surface area contributed by atoms with Gasteiger partial charge in [-0.15, -0.1) is 0 Å². The summed E-state index contributed by atoms with van der Waals surface area (Å²) in [6.07, 6.45) is 0.704. The lowest BCUT2D eigenvalue weighted by Crippen LogP contribution is -2.64. The van der Waals surface area contributed by atoms with Crippen molar-refractivity contribution in [2.24, 2.45) is 29.6 Å². The van der Waals surface area contributed by atoms with Crippen LogP contribution < -0.4 is 0 Å². The van der Waals surface area contributed by atoms with Gasteiger partial charge < -0.3 is 38.1 Å². The van der Waals surface area contributed by atoms with Crippen LogP contribution in [0.5, 0.6) is 0 Å². The van der Waals surface area contributed by atoms with E-state index in [1.165, 1.54) is 26.2 Å². The number of methoxy groups -OCH3 is 3. The molecule has 2 saturated heterocycles. The summed E-state index contributed by atoms with van der Waals surface area (Å²) < 4.78 is 54.4. The number of hydrogen-bond donors (Lipinski definition) is 1. The molecule has 2 bridgehead atoms. The van der Waals surface area contributed by atoms with Gasteiger partial charge in [-0.25, -0.2) is 9.18 Å². The summed E-state index contributed by atoms with van der Waals surface area (Å²) in [6, 6.07) is -1.17. The molecule has 0 aromatic carbocycles. The zero-order valence-corrected chi connectivity index (χ0v) is 44.4. The van der Waals surface area contributed by atoms with Gasteiger partial charge in [0.2, 0.25) is 14.1 Å². The number of cyclic esters (lactones) is 1. The number of carbonyl (C=O) groups is 5. The Morgan fingerprint density at radius 1 is 0.896 bits per heavy atom. The first-order valence-corrected chi connectivity index (χ1v) is 27.4. The van der Waals surface area contributed by atoms with E-state index in [4.69, 9.17) is 28.1 Å². The number of piperidine rings is 1. The Morgan fingerprint density at radius 3 is 2.07 bits per heavy atom.